The van der Waals surface area contributed by atoms with Gasteiger partial charge in [-0.1, -0.05) is 15.9 Å². The van der Waals surface area contributed by atoms with Crippen molar-refractivity contribution < 1.29 is 23.8 Å². The number of amides is 1. The molecule has 0 aliphatic heterocycles. The Labute approximate surface area is 148 Å². The zero-order valence-corrected chi connectivity index (χ0v) is 15.2. The smallest absolute Gasteiger partial charge is 0.329 e. The number of nitrogens with zero attached hydrogens (tertiary/aromatic N) is 1. The average Bonchev–Trinajstić information content (AvgIpc) is 3.01. The first-order valence-electron chi connectivity index (χ1n) is 7.20. The summed E-state index contributed by atoms with van der Waals surface area (Å²) < 4.78 is 12.0. The van der Waals surface area contributed by atoms with Gasteiger partial charge in [-0.25, -0.2) is 4.79 Å². The van der Waals surface area contributed by atoms with Crippen molar-refractivity contribution in [1.82, 2.24) is 4.90 Å². The largest absolute Gasteiger partial charge is 0.486 e. The van der Waals surface area contributed by atoms with Crippen molar-refractivity contribution in [2.24, 2.45) is 0 Å². The Hall–Kier alpha value is -2.28. The lowest BCUT2D eigenvalue weighted by Crippen LogP contribution is -2.50. The van der Waals surface area contributed by atoms with Crippen molar-refractivity contribution in [3.05, 3.63) is 52.4 Å². The summed E-state index contributed by atoms with van der Waals surface area (Å²) in [6, 6.07) is 10.5. The van der Waals surface area contributed by atoms with Gasteiger partial charge in [-0.2, -0.15) is 0 Å². The van der Waals surface area contributed by atoms with Crippen LogP contribution in [-0.4, -0.2) is 34.5 Å². The quantitative estimate of drug-likeness (QED) is 0.808. The summed E-state index contributed by atoms with van der Waals surface area (Å²) in [5.74, 6) is -0.378. The van der Waals surface area contributed by atoms with Crippen LogP contribution >= 0.6 is 15.9 Å². The highest BCUT2D eigenvalue weighted by atomic mass is 79.9. The summed E-state index contributed by atoms with van der Waals surface area (Å²) >= 11 is 3.34. The Morgan fingerprint density at radius 2 is 1.83 bits per heavy atom. The predicted octanol–water partition coefficient (Wildman–Crippen LogP) is 3.56. The Morgan fingerprint density at radius 1 is 1.21 bits per heavy atom. The van der Waals surface area contributed by atoms with Gasteiger partial charge in [-0.05, 0) is 50.2 Å². The highest BCUT2D eigenvalue weighted by Crippen LogP contribution is 2.20. The number of rotatable bonds is 6. The standard InChI is InChI=1S/C17H18BrNO5/c1-17(2,16(21)22)19(3)15(20)14-9-8-13(24-14)10-23-12-6-4-11(18)5-7-12/h4-9H,10H2,1-3H3,(H,21,22). The van der Waals surface area contributed by atoms with Crippen LogP contribution in [0.2, 0.25) is 0 Å². The highest BCUT2D eigenvalue weighted by molar-refractivity contribution is 9.10. The van der Waals surface area contributed by atoms with E-state index < -0.39 is 17.4 Å². The number of carboxylic acids is 1. The van der Waals surface area contributed by atoms with Gasteiger partial charge >= 0.3 is 5.97 Å². The van der Waals surface area contributed by atoms with Gasteiger partial charge in [0.25, 0.3) is 5.91 Å². The predicted molar refractivity (Wildman–Crippen MR) is 91.0 cm³/mol. The number of carbonyl (C=O) groups is 2. The fraction of sp³-hybridized carbons (Fsp3) is 0.294. The van der Waals surface area contributed by atoms with Crippen molar-refractivity contribution in [1.29, 1.82) is 0 Å². The van der Waals surface area contributed by atoms with Gasteiger partial charge < -0.3 is 19.2 Å². The molecule has 0 bridgehead atoms. The number of likely N-dealkylation sites (N-methyl/N-ethyl adjacent to an activating group) is 1. The zero-order chi connectivity index (χ0) is 17.9. The lowest BCUT2D eigenvalue weighted by molar-refractivity contribution is -0.147. The third-order valence-electron chi connectivity index (χ3n) is 3.73. The molecule has 0 aliphatic rings. The first-order valence-corrected chi connectivity index (χ1v) is 7.99. The fourth-order valence-corrected chi connectivity index (χ4v) is 2.08. The number of benzene rings is 1. The number of hydrogen-bond donors (Lipinski definition) is 1. The van der Waals surface area contributed by atoms with Crippen molar-refractivity contribution in [3.63, 3.8) is 0 Å². The third kappa shape index (κ3) is 3.97. The molecule has 1 N–H and O–H groups in total. The molecule has 1 amide bonds. The number of halogens is 1. The summed E-state index contributed by atoms with van der Waals surface area (Å²) in [7, 11) is 1.43. The van der Waals surface area contributed by atoms with E-state index in [-0.39, 0.29) is 12.4 Å². The molecule has 0 saturated carbocycles. The zero-order valence-electron chi connectivity index (χ0n) is 13.6. The second-order valence-electron chi connectivity index (χ2n) is 5.74. The summed E-state index contributed by atoms with van der Waals surface area (Å²) in [6.45, 7) is 3.07. The van der Waals surface area contributed by atoms with Crippen LogP contribution in [0.15, 0.2) is 45.3 Å². The van der Waals surface area contributed by atoms with E-state index in [1.807, 2.05) is 24.3 Å². The number of carbonyl (C=O) groups excluding carboxylic acids is 1. The Balaban J connectivity index is 2.03. The molecule has 0 spiro atoms. The molecule has 2 aromatic rings. The third-order valence-corrected chi connectivity index (χ3v) is 4.26. The minimum absolute atomic E-state index is 0.0706. The van der Waals surface area contributed by atoms with Crippen LogP contribution in [0, 0.1) is 0 Å². The lowest BCUT2D eigenvalue weighted by atomic mass is 10.0. The number of aliphatic carboxylic acids is 1. The van der Waals surface area contributed by atoms with Crippen molar-refractivity contribution >= 4 is 27.8 Å². The molecule has 0 unspecified atom stereocenters. The Morgan fingerprint density at radius 3 is 2.42 bits per heavy atom. The molecule has 24 heavy (non-hydrogen) atoms. The maximum atomic E-state index is 12.3. The monoisotopic (exact) mass is 395 g/mol. The molecule has 0 radical (unpaired) electrons. The molecule has 1 aromatic carbocycles. The van der Waals surface area contributed by atoms with Crippen molar-refractivity contribution in [2.75, 3.05) is 7.05 Å². The summed E-state index contributed by atoms with van der Waals surface area (Å²) in [5, 5.41) is 9.19. The second-order valence-corrected chi connectivity index (χ2v) is 6.65. The molecule has 7 heteroatoms. The van der Waals surface area contributed by atoms with Gasteiger partial charge in [-0.15, -0.1) is 0 Å². The number of hydrogen-bond acceptors (Lipinski definition) is 4. The molecule has 128 valence electrons. The van der Waals surface area contributed by atoms with Gasteiger partial charge in [0.1, 0.15) is 23.7 Å². The number of ether oxygens (including phenoxy) is 1. The van der Waals surface area contributed by atoms with Crippen LogP contribution in [0.1, 0.15) is 30.2 Å². The lowest BCUT2D eigenvalue weighted by Gasteiger charge is -2.30. The molecule has 0 aliphatic carbocycles. The SMILES string of the molecule is CN(C(=O)c1ccc(COc2ccc(Br)cc2)o1)C(C)(C)C(=O)O. The summed E-state index contributed by atoms with van der Waals surface area (Å²) in [6.07, 6.45) is 0. The van der Waals surface area contributed by atoms with Gasteiger partial charge in [0.2, 0.25) is 0 Å². The minimum atomic E-state index is -1.34. The number of furan rings is 1. The maximum absolute atomic E-state index is 12.3. The second kappa shape index (κ2) is 7.09. The van der Waals surface area contributed by atoms with Crippen LogP contribution in [0.3, 0.4) is 0 Å². The van der Waals surface area contributed by atoms with Crippen LogP contribution in [0.25, 0.3) is 0 Å². The first kappa shape index (κ1) is 18.1. The van der Waals surface area contributed by atoms with Gasteiger partial charge in [0.05, 0.1) is 0 Å². The van der Waals surface area contributed by atoms with Gasteiger partial charge in [-0.3, -0.25) is 4.79 Å². The van der Waals surface area contributed by atoms with E-state index in [4.69, 9.17) is 9.15 Å². The number of carboxylic acid groups (broad SMARTS) is 1. The van der Waals surface area contributed by atoms with Crippen molar-refractivity contribution in [2.45, 2.75) is 26.0 Å². The Bertz CT molecular complexity index is 736. The summed E-state index contributed by atoms with van der Waals surface area (Å²) in [4.78, 5) is 24.7. The molecule has 1 aromatic heterocycles. The maximum Gasteiger partial charge on any atom is 0.329 e. The molecule has 0 saturated heterocycles. The van der Waals surface area contributed by atoms with Crippen LogP contribution in [0.5, 0.6) is 5.75 Å². The minimum Gasteiger partial charge on any atom is -0.486 e. The van der Waals surface area contributed by atoms with Crippen LogP contribution in [0.4, 0.5) is 0 Å². The van der Waals surface area contributed by atoms with E-state index in [9.17, 15) is 14.7 Å². The summed E-state index contributed by atoms with van der Waals surface area (Å²) in [5.41, 5.74) is -1.34. The Kier molecular flexibility index (Phi) is 5.33. The van der Waals surface area contributed by atoms with Gasteiger partial charge in [0, 0.05) is 11.5 Å². The highest BCUT2D eigenvalue weighted by Gasteiger charge is 2.36. The first-order chi connectivity index (χ1) is 11.2. The molecule has 0 atom stereocenters. The fourth-order valence-electron chi connectivity index (χ4n) is 1.82. The normalized spacial score (nSPS) is 11.2. The van der Waals surface area contributed by atoms with Crippen molar-refractivity contribution in [3.8, 4) is 5.75 Å². The van der Waals surface area contributed by atoms with E-state index >= 15 is 0 Å². The topological polar surface area (TPSA) is 80.0 Å². The van der Waals surface area contributed by atoms with E-state index in [0.717, 1.165) is 9.37 Å². The molecule has 0 fully saturated rings. The van der Waals surface area contributed by atoms with Crippen LogP contribution in [-0.2, 0) is 11.4 Å². The van der Waals surface area contributed by atoms with E-state index in [1.54, 1.807) is 6.07 Å². The molecule has 1 heterocycles. The van der Waals surface area contributed by atoms with E-state index in [2.05, 4.69) is 15.9 Å². The van der Waals surface area contributed by atoms with Crippen LogP contribution < -0.4 is 4.74 Å². The molecule has 2 rings (SSSR count). The molecule has 6 nitrogen and oxygen atoms in total. The molecular weight excluding hydrogens is 378 g/mol. The average molecular weight is 396 g/mol. The molecular formula is C17H18BrNO5. The van der Waals surface area contributed by atoms with E-state index in [1.165, 1.54) is 27.0 Å². The van der Waals surface area contributed by atoms with Gasteiger partial charge in [0.15, 0.2) is 5.76 Å². The van der Waals surface area contributed by atoms with E-state index in [0.29, 0.717) is 11.5 Å².